The molecule has 25 heavy (non-hydrogen) atoms. The van der Waals surface area contributed by atoms with E-state index < -0.39 is 5.97 Å². The number of carboxylic acids is 1. The van der Waals surface area contributed by atoms with E-state index in [2.05, 4.69) is 5.32 Å². The number of rotatable bonds is 6. The molecule has 0 unspecified atom stereocenters. The van der Waals surface area contributed by atoms with Crippen LogP contribution in [0.5, 0.6) is 0 Å². The predicted octanol–water partition coefficient (Wildman–Crippen LogP) is 3.23. The van der Waals surface area contributed by atoms with Crippen LogP contribution in [-0.4, -0.2) is 28.0 Å². The molecule has 7 heteroatoms. The molecule has 134 valence electrons. The van der Waals surface area contributed by atoms with Crippen LogP contribution in [0.15, 0.2) is 45.6 Å². The van der Waals surface area contributed by atoms with Crippen LogP contribution < -0.4 is 5.32 Å². The van der Waals surface area contributed by atoms with Crippen molar-refractivity contribution >= 4 is 12.0 Å². The summed E-state index contributed by atoms with van der Waals surface area (Å²) < 4.78 is 10.7. The number of carboxylic acid groups (broad SMARTS) is 1. The Morgan fingerprint density at radius 3 is 2.04 bits per heavy atom. The third-order valence-electron chi connectivity index (χ3n) is 4.54. The fourth-order valence-electron chi connectivity index (χ4n) is 3.13. The maximum atomic E-state index is 12.7. The largest absolute Gasteiger partial charge is 0.481 e. The molecule has 3 rings (SSSR count). The van der Waals surface area contributed by atoms with Crippen LogP contribution in [0.2, 0.25) is 0 Å². The molecule has 1 aliphatic rings. The number of urea groups is 1. The summed E-state index contributed by atoms with van der Waals surface area (Å²) in [5.74, 6) is 0.338. The minimum absolute atomic E-state index is 0.00111. The van der Waals surface area contributed by atoms with Crippen LogP contribution in [0.4, 0.5) is 4.79 Å². The lowest BCUT2D eigenvalue weighted by atomic mass is 9.86. The molecular weight excluding hydrogens is 324 g/mol. The number of carbonyl (C=O) groups is 2. The van der Waals surface area contributed by atoms with Crippen molar-refractivity contribution in [3.8, 4) is 0 Å². The number of nitrogens with one attached hydrogen (secondary N) is 1. The van der Waals surface area contributed by atoms with Crippen molar-refractivity contribution in [2.75, 3.05) is 0 Å². The third kappa shape index (κ3) is 4.65. The van der Waals surface area contributed by atoms with Crippen molar-refractivity contribution < 1.29 is 23.5 Å². The van der Waals surface area contributed by atoms with Gasteiger partial charge in [-0.1, -0.05) is 0 Å². The molecule has 2 aromatic heterocycles. The van der Waals surface area contributed by atoms with E-state index in [1.54, 1.807) is 29.6 Å². The zero-order chi connectivity index (χ0) is 17.6. The van der Waals surface area contributed by atoms with Crippen molar-refractivity contribution in [3.63, 3.8) is 0 Å². The van der Waals surface area contributed by atoms with Gasteiger partial charge in [0.25, 0.3) is 0 Å². The average Bonchev–Trinajstić information content (AvgIpc) is 3.28. The van der Waals surface area contributed by atoms with Gasteiger partial charge in [0.2, 0.25) is 0 Å². The molecule has 0 spiro atoms. The van der Waals surface area contributed by atoms with Crippen molar-refractivity contribution in [2.24, 2.45) is 5.92 Å². The Morgan fingerprint density at radius 2 is 1.60 bits per heavy atom. The van der Waals surface area contributed by atoms with E-state index in [1.165, 1.54) is 0 Å². The highest BCUT2D eigenvalue weighted by molar-refractivity contribution is 5.74. The molecule has 2 amide bonds. The number of amides is 2. The Kier molecular flexibility index (Phi) is 5.42. The smallest absolute Gasteiger partial charge is 0.318 e. The number of carbonyl (C=O) groups excluding carboxylic acids is 1. The molecule has 0 radical (unpaired) electrons. The van der Waals surface area contributed by atoms with Crippen molar-refractivity contribution in [3.05, 3.63) is 48.3 Å². The molecule has 0 atom stereocenters. The van der Waals surface area contributed by atoms with Crippen LogP contribution in [0, 0.1) is 5.92 Å². The van der Waals surface area contributed by atoms with Gasteiger partial charge in [-0.3, -0.25) is 4.79 Å². The van der Waals surface area contributed by atoms with Gasteiger partial charge >= 0.3 is 12.0 Å². The molecule has 2 N–H and O–H groups in total. The summed E-state index contributed by atoms with van der Waals surface area (Å²) in [4.78, 5) is 25.4. The van der Waals surface area contributed by atoms with E-state index in [0.717, 1.165) is 0 Å². The summed E-state index contributed by atoms with van der Waals surface area (Å²) >= 11 is 0. The van der Waals surface area contributed by atoms with Gasteiger partial charge in [0.05, 0.1) is 31.5 Å². The molecule has 2 aromatic rings. The minimum atomic E-state index is -0.748. The topological polar surface area (TPSA) is 95.9 Å². The van der Waals surface area contributed by atoms with Crippen LogP contribution in [0.25, 0.3) is 0 Å². The fourth-order valence-corrected chi connectivity index (χ4v) is 3.13. The number of nitrogens with zero attached hydrogens (tertiary/aromatic N) is 1. The van der Waals surface area contributed by atoms with Crippen LogP contribution in [-0.2, 0) is 17.9 Å². The van der Waals surface area contributed by atoms with E-state index >= 15 is 0 Å². The maximum Gasteiger partial charge on any atom is 0.318 e. The lowest BCUT2D eigenvalue weighted by Crippen LogP contribution is -2.45. The predicted molar refractivity (Wildman–Crippen MR) is 88.6 cm³/mol. The number of aliphatic carboxylic acids is 1. The summed E-state index contributed by atoms with van der Waals surface area (Å²) in [5.41, 5.74) is 0. The summed E-state index contributed by atoms with van der Waals surface area (Å²) in [7, 11) is 0. The van der Waals surface area contributed by atoms with Crippen molar-refractivity contribution in [1.82, 2.24) is 10.2 Å². The lowest BCUT2D eigenvalue weighted by molar-refractivity contribution is -0.142. The van der Waals surface area contributed by atoms with E-state index in [0.29, 0.717) is 50.3 Å². The summed E-state index contributed by atoms with van der Waals surface area (Å²) in [5, 5.41) is 12.1. The van der Waals surface area contributed by atoms with Gasteiger partial charge in [0.15, 0.2) is 0 Å². The number of hydrogen-bond acceptors (Lipinski definition) is 4. The second-order valence-corrected chi connectivity index (χ2v) is 6.35. The summed E-state index contributed by atoms with van der Waals surface area (Å²) in [6.45, 7) is 0.675. The molecule has 0 aliphatic heterocycles. The first-order valence-electron chi connectivity index (χ1n) is 8.45. The van der Waals surface area contributed by atoms with E-state index in [1.807, 2.05) is 12.1 Å². The highest BCUT2D eigenvalue weighted by atomic mass is 16.4. The SMILES string of the molecule is O=C(O)C1CCC(NC(=O)N(Cc2ccco2)Cc2ccco2)CC1. The van der Waals surface area contributed by atoms with Crippen molar-refractivity contribution in [2.45, 2.75) is 44.8 Å². The second kappa shape index (κ2) is 7.92. The molecular formula is C18H22N2O5. The lowest BCUT2D eigenvalue weighted by Gasteiger charge is -2.29. The van der Waals surface area contributed by atoms with Gasteiger partial charge in [0.1, 0.15) is 11.5 Å². The third-order valence-corrected chi connectivity index (χ3v) is 4.54. The fraction of sp³-hybridized carbons (Fsp3) is 0.444. The molecule has 1 fully saturated rings. The first kappa shape index (κ1) is 17.1. The zero-order valence-electron chi connectivity index (χ0n) is 13.9. The minimum Gasteiger partial charge on any atom is -0.481 e. The van der Waals surface area contributed by atoms with Gasteiger partial charge in [-0.2, -0.15) is 0 Å². The summed E-state index contributed by atoms with van der Waals surface area (Å²) in [6, 6.07) is 7.00. The number of hydrogen-bond donors (Lipinski definition) is 2. The van der Waals surface area contributed by atoms with E-state index in [4.69, 9.17) is 13.9 Å². The van der Waals surface area contributed by atoms with E-state index in [9.17, 15) is 9.59 Å². The first-order valence-corrected chi connectivity index (χ1v) is 8.45. The second-order valence-electron chi connectivity index (χ2n) is 6.35. The molecule has 2 heterocycles. The maximum absolute atomic E-state index is 12.7. The molecule has 0 aromatic carbocycles. The molecule has 0 saturated heterocycles. The Morgan fingerprint density at radius 1 is 1.04 bits per heavy atom. The van der Waals surface area contributed by atoms with Crippen LogP contribution in [0.1, 0.15) is 37.2 Å². The first-order chi connectivity index (χ1) is 12.1. The Balaban J connectivity index is 1.59. The monoisotopic (exact) mass is 346 g/mol. The Labute approximate surface area is 145 Å². The molecule has 1 saturated carbocycles. The highest BCUT2D eigenvalue weighted by Gasteiger charge is 2.28. The van der Waals surface area contributed by atoms with Gasteiger partial charge < -0.3 is 24.2 Å². The quantitative estimate of drug-likeness (QED) is 0.837. The molecule has 0 bridgehead atoms. The van der Waals surface area contributed by atoms with Crippen LogP contribution >= 0.6 is 0 Å². The normalized spacial score (nSPS) is 20.2. The van der Waals surface area contributed by atoms with Crippen molar-refractivity contribution in [1.29, 1.82) is 0 Å². The number of furan rings is 2. The van der Waals surface area contributed by atoms with Gasteiger partial charge in [-0.25, -0.2) is 4.79 Å². The molecule has 7 nitrogen and oxygen atoms in total. The van der Waals surface area contributed by atoms with Crippen LogP contribution in [0.3, 0.4) is 0 Å². The Hall–Kier alpha value is -2.70. The highest BCUT2D eigenvalue weighted by Crippen LogP contribution is 2.24. The van der Waals surface area contributed by atoms with Gasteiger partial charge in [-0.15, -0.1) is 0 Å². The molecule has 1 aliphatic carbocycles. The van der Waals surface area contributed by atoms with Gasteiger partial charge in [-0.05, 0) is 49.9 Å². The summed E-state index contributed by atoms with van der Waals surface area (Å²) in [6.07, 6.45) is 5.69. The zero-order valence-corrected chi connectivity index (χ0v) is 13.9. The Bertz CT molecular complexity index is 636. The van der Waals surface area contributed by atoms with Gasteiger partial charge in [0, 0.05) is 6.04 Å². The standard InChI is InChI=1S/C18H22N2O5/c21-17(22)13-5-7-14(8-6-13)19-18(23)20(11-15-3-1-9-24-15)12-16-4-2-10-25-16/h1-4,9-10,13-14H,5-8,11-12H2,(H,19,23)(H,21,22). The van der Waals surface area contributed by atoms with E-state index in [-0.39, 0.29) is 18.0 Å². The average molecular weight is 346 g/mol.